The molecule has 1 nitrogen and oxygen atoms in total. The highest BCUT2D eigenvalue weighted by molar-refractivity contribution is 5.88. The summed E-state index contributed by atoms with van der Waals surface area (Å²) < 4.78 is 5.65. The van der Waals surface area contributed by atoms with Crippen molar-refractivity contribution in [2.75, 3.05) is 6.61 Å². The van der Waals surface area contributed by atoms with Gasteiger partial charge in [0.1, 0.15) is 5.75 Å². The molecule has 0 unspecified atom stereocenters. The Morgan fingerprint density at radius 1 is 1.29 bits per heavy atom. The third-order valence-corrected chi connectivity index (χ3v) is 2.15. The van der Waals surface area contributed by atoms with Gasteiger partial charge in [0.2, 0.25) is 0 Å². The van der Waals surface area contributed by atoms with E-state index in [0.717, 1.165) is 24.2 Å². The Morgan fingerprint density at radius 2 is 2.21 bits per heavy atom. The van der Waals surface area contributed by atoms with Gasteiger partial charge in [-0.25, -0.2) is 0 Å². The zero-order valence-electron chi connectivity index (χ0n) is 8.29. The molecular formula is C13H13O. The SMILES string of the molecule is CCCOc1cccc2cc[c]cc12. The zero-order valence-corrected chi connectivity index (χ0v) is 8.29. The molecule has 2 aromatic carbocycles. The van der Waals surface area contributed by atoms with Crippen molar-refractivity contribution in [2.24, 2.45) is 0 Å². The summed E-state index contributed by atoms with van der Waals surface area (Å²) >= 11 is 0. The first kappa shape index (κ1) is 9.07. The monoisotopic (exact) mass is 185 g/mol. The number of fused-ring (bicyclic) bond motifs is 1. The summed E-state index contributed by atoms with van der Waals surface area (Å²) in [6.07, 6.45) is 1.03. The maximum absolute atomic E-state index is 5.65. The van der Waals surface area contributed by atoms with Gasteiger partial charge in [-0.3, -0.25) is 0 Å². The van der Waals surface area contributed by atoms with E-state index in [2.05, 4.69) is 19.1 Å². The van der Waals surface area contributed by atoms with Crippen LogP contribution in [0.5, 0.6) is 5.75 Å². The fourth-order valence-corrected chi connectivity index (χ4v) is 1.47. The van der Waals surface area contributed by atoms with E-state index in [1.54, 1.807) is 0 Å². The van der Waals surface area contributed by atoms with Gasteiger partial charge in [-0.15, -0.1) is 0 Å². The molecule has 0 heterocycles. The lowest BCUT2D eigenvalue weighted by Crippen LogP contribution is -1.95. The van der Waals surface area contributed by atoms with Gasteiger partial charge in [-0.05, 0) is 30.0 Å². The molecule has 0 spiro atoms. The molecule has 1 heteroatoms. The molecule has 71 valence electrons. The lowest BCUT2D eigenvalue weighted by atomic mass is 10.1. The Bertz CT molecular complexity index is 415. The van der Waals surface area contributed by atoms with Crippen molar-refractivity contribution in [3.8, 4) is 5.75 Å². The van der Waals surface area contributed by atoms with Gasteiger partial charge >= 0.3 is 0 Å². The standard InChI is InChI=1S/C13H13O/c1-2-10-14-13-9-5-7-11-6-3-4-8-12(11)13/h3,5-9H,2,10H2,1H3. The van der Waals surface area contributed by atoms with Crippen LogP contribution in [0.15, 0.2) is 36.4 Å². The van der Waals surface area contributed by atoms with Crippen LogP contribution in [0.25, 0.3) is 10.8 Å². The predicted octanol–water partition coefficient (Wildman–Crippen LogP) is 3.43. The highest BCUT2D eigenvalue weighted by atomic mass is 16.5. The minimum atomic E-state index is 0.772. The number of rotatable bonds is 3. The van der Waals surface area contributed by atoms with Crippen molar-refractivity contribution >= 4 is 10.8 Å². The zero-order chi connectivity index (χ0) is 9.80. The molecule has 0 amide bonds. The average molecular weight is 185 g/mol. The summed E-state index contributed by atoms with van der Waals surface area (Å²) in [5, 5.41) is 2.35. The van der Waals surface area contributed by atoms with Crippen molar-refractivity contribution in [3.63, 3.8) is 0 Å². The maximum atomic E-state index is 5.65. The van der Waals surface area contributed by atoms with Gasteiger partial charge < -0.3 is 4.74 Å². The number of hydrogen-bond acceptors (Lipinski definition) is 1. The summed E-state index contributed by atoms with van der Waals surface area (Å²) in [4.78, 5) is 0. The van der Waals surface area contributed by atoms with Gasteiger partial charge in [0, 0.05) is 5.39 Å². The summed E-state index contributed by atoms with van der Waals surface area (Å²) in [5.74, 6) is 0.959. The quantitative estimate of drug-likeness (QED) is 0.711. The lowest BCUT2D eigenvalue weighted by Gasteiger charge is -2.07. The van der Waals surface area contributed by atoms with E-state index < -0.39 is 0 Å². The second-order valence-electron chi connectivity index (χ2n) is 3.25. The van der Waals surface area contributed by atoms with Crippen LogP contribution in [0, 0.1) is 6.07 Å². The van der Waals surface area contributed by atoms with Crippen LogP contribution >= 0.6 is 0 Å². The van der Waals surface area contributed by atoms with Crippen molar-refractivity contribution in [3.05, 3.63) is 42.5 Å². The van der Waals surface area contributed by atoms with Gasteiger partial charge in [0.15, 0.2) is 0 Å². The fourth-order valence-electron chi connectivity index (χ4n) is 1.47. The predicted molar refractivity (Wildman–Crippen MR) is 58.6 cm³/mol. The molecule has 0 aliphatic carbocycles. The molecule has 2 aromatic rings. The molecule has 0 atom stereocenters. The molecular weight excluding hydrogens is 172 g/mol. The van der Waals surface area contributed by atoms with E-state index in [-0.39, 0.29) is 0 Å². The van der Waals surface area contributed by atoms with E-state index >= 15 is 0 Å². The van der Waals surface area contributed by atoms with E-state index in [0.29, 0.717) is 0 Å². The second-order valence-corrected chi connectivity index (χ2v) is 3.25. The van der Waals surface area contributed by atoms with Crippen LogP contribution in [0.1, 0.15) is 13.3 Å². The van der Waals surface area contributed by atoms with E-state index in [4.69, 9.17) is 4.74 Å². The van der Waals surface area contributed by atoms with Crippen LogP contribution < -0.4 is 4.74 Å². The average Bonchev–Trinajstić information content (AvgIpc) is 2.26. The van der Waals surface area contributed by atoms with Gasteiger partial charge in [0.05, 0.1) is 6.61 Å². The first-order valence-electron chi connectivity index (χ1n) is 4.93. The van der Waals surface area contributed by atoms with Crippen molar-refractivity contribution < 1.29 is 4.74 Å². The van der Waals surface area contributed by atoms with Crippen LogP contribution in [0.4, 0.5) is 0 Å². The van der Waals surface area contributed by atoms with Crippen LogP contribution in [-0.4, -0.2) is 6.61 Å². The van der Waals surface area contributed by atoms with Crippen LogP contribution in [0.3, 0.4) is 0 Å². The molecule has 0 fully saturated rings. The minimum Gasteiger partial charge on any atom is -0.493 e. The summed E-state index contributed by atoms with van der Waals surface area (Å²) in [6.45, 7) is 2.88. The first-order chi connectivity index (χ1) is 6.92. The Labute approximate surface area is 84.3 Å². The highest BCUT2D eigenvalue weighted by Gasteiger charge is 1.99. The van der Waals surface area contributed by atoms with Crippen molar-refractivity contribution in [1.82, 2.24) is 0 Å². The summed E-state index contributed by atoms with van der Waals surface area (Å²) in [5.41, 5.74) is 0. The topological polar surface area (TPSA) is 9.23 Å². The summed E-state index contributed by atoms with van der Waals surface area (Å²) in [7, 11) is 0. The molecule has 0 saturated carbocycles. The van der Waals surface area contributed by atoms with Gasteiger partial charge in [0.25, 0.3) is 0 Å². The molecule has 0 aromatic heterocycles. The van der Waals surface area contributed by atoms with Gasteiger partial charge in [-0.2, -0.15) is 0 Å². The van der Waals surface area contributed by atoms with E-state index in [1.807, 2.05) is 30.3 Å². The third kappa shape index (κ3) is 1.72. The highest BCUT2D eigenvalue weighted by Crippen LogP contribution is 2.24. The van der Waals surface area contributed by atoms with Crippen molar-refractivity contribution in [1.29, 1.82) is 0 Å². The van der Waals surface area contributed by atoms with Crippen LogP contribution in [0.2, 0.25) is 0 Å². The molecule has 0 bridgehead atoms. The number of benzene rings is 2. The normalized spacial score (nSPS) is 10.4. The number of ether oxygens (including phenoxy) is 1. The van der Waals surface area contributed by atoms with Crippen molar-refractivity contribution in [2.45, 2.75) is 13.3 Å². The first-order valence-corrected chi connectivity index (χ1v) is 4.93. The Kier molecular flexibility index (Phi) is 2.68. The molecule has 2 rings (SSSR count). The fraction of sp³-hybridized carbons (Fsp3) is 0.231. The minimum absolute atomic E-state index is 0.772. The van der Waals surface area contributed by atoms with E-state index in [1.165, 1.54) is 5.39 Å². The second kappa shape index (κ2) is 4.14. The Hall–Kier alpha value is -1.50. The molecule has 0 aliphatic rings. The van der Waals surface area contributed by atoms with Crippen LogP contribution in [-0.2, 0) is 0 Å². The largest absolute Gasteiger partial charge is 0.493 e. The molecule has 0 N–H and O–H groups in total. The Balaban J connectivity index is 2.43. The molecule has 1 radical (unpaired) electrons. The smallest absolute Gasteiger partial charge is 0.127 e. The Morgan fingerprint density at radius 3 is 3.07 bits per heavy atom. The maximum Gasteiger partial charge on any atom is 0.127 e. The molecule has 0 aliphatic heterocycles. The van der Waals surface area contributed by atoms with E-state index in [9.17, 15) is 0 Å². The molecule has 0 saturated heterocycles. The lowest BCUT2D eigenvalue weighted by molar-refractivity contribution is 0.321. The third-order valence-electron chi connectivity index (χ3n) is 2.15. The molecule has 14 heavy (non-hydrogen) atoms. The van der Waals surface area contributed by atoms with Gasteiger partial charge in [-0.1, -0.05) is 31.2 Å². The summed E-state index contributed by atoms with van der Waals surface area (Å²) in [6, 6.07) is 15.1. The number of hydrogen-bond donors (Lipinski definition) is 0.